The van der Waals surface area contributed by atoms with Gasteiger partial charge in [0, 0.05) is 111 Å². The minimum Gasteiger partial charge on any atom is -0.464 e. The van der Waals surface area contributed by atoms with Gasteiger partial charge in [0.1, 0.15) is 18.3 Å². The maximum Gasteiger partial charge on any atom is 0.425 e. The molecule has 3 aliphatic carbocycles. The molecule has 21 nitrogen and oxygen atoms in total. The van der Waals surface area contributed by atoms with Gasteiger partial charge in [-0.1, -0.05) is 0 Å². The number of methoxy groups -OCH3 is 3. The molecule has 3 saturated carbocycles. The topological polar surface area (TPSA) is 223 Å². The van der Waals surface area contributed by atoms with E-state index in [0.29, 0.717) is 107 Å². The Hall–Kier alpha value is -8.25. The van der Waals surface area contributed by atoms with Crippen molar-refractivity contribution in [3.05, 3.63) is 110 Å². The van der Waals surface area contributed by atoms with E-state index >= 15 is 0 Å². The van der Waals surface area contributed by atoms with Crippen LogP contribution in [0.4, 0.5) is 39.5 Å². The van der Waals surface area contributed by atoms with Gasteiger partial charge < -0.3 is 28.4 Å². The fourth-order valence-electron chi connectivity index (χ4n) is 8.74. The minimum atomic E-state index is -4.41. The van der Waals surface area contributed by atoms with Crippen molar-refractivity contribution in [3.8, 4) is 51.4 Å². The Morgan fingerprint density at radius 2 is 0.643 bits per heavy atom. The second kappa shape index (κ2) is 24.2. The first kappa shape index (κ1) is 58.9. The van der Waals surface area contributed by atoms with Crippen LogP contribution in [0.15, 0.2) is 92.2 Å². The third-order valence-electron chi connectivity index (χ3n) is 14.1. The van der Waals surface area contributed by atoms with Gasteiger partial charge in [-0.25, -0.2) is 15.0 Å². The summed E-state index contributed by atoms with van der Waals surface area (Å²) in [6.45, 7) is 5.55. The summed E-state index contributed by atoms with van der Waals surface area (Å²) in [5, 5.41) is 24.4. The van der Waals surface area contributed by atoms with Gasteiger partial charge in [-0.2, -0.15) is 39.5 Å². The van der Waals surface area contributed by atoms with E-state index in [1.807, 2.05) is 20.8 Å². The van der Waals surface area contributed by atoms with E-state index in [1.165, 1.54) is 36.8 Å². The monoisotopic (exact) mass is 1180 g/mol. The third-order valence-corrected chi connectivity index (χ3v) is 14.1. The number of ether oxygens (including phenoxy) is 6. The Morgan fingerprint density at radius 1 is 0.381 bits per heavy atom. The first-order chi connectivity index (χ1) is 40.1. The normalized spacial score (nSPS) is 16.9. The van der Waals surface area contributed by atoms with Crippen molar-refractivity contribution in [2.45, 2.75) is 114 Å². The summed E-state index contributed by atoms with van der Waals surface area (Å²) in [6.07, 6.45) is -2.10. The van der Waals surface area contributed by atoms with Crippen LogP contribution >= 0.6 is 0 Å². The fourth-order valence-corrected chi connectivity index (χ4v) is 8.74. The SMILES string of the molecule is CO[C@@H](C)c1nnc2cnc(-c3ccc(O[C@H](C4CC4)C(F)(F)F)nc3)cn12.CO[C@H](C)c1nnc2cnc(-c3ccc(O[C@@H](C4CC4)C(F)(F)F)nc3)cn12.CO[C@H](C)c1nnc2cnc(-c3ccc(O[C@H](C4CC4)C(F)(F)F)nc3)cn12. The highest BCUT2D eigenvalue weighted by Crippen LogP contribution is 2.44. The summed E-state index contributed by atoms with van der Waals surface area (Å²) in [4.78, 5) is 25.1. The summed E-state index contributed by atoms with van der Waals surface area (Å²) in [7, 11) is 4.73. The summed E-state index contributed by atoms with van der Waals surface area (Å²) in [5.74, 6) is 0.220. The van der Waals surface area contributed by atoms with Crippen molar-refractivity contribution in [2.24, 2.45) is 17.8 Å². The molecule has 30 heteroatoms. The third kappa shape index (κ3) is 13.7. The summed E-state index contributed by atoms with van der Waals surface area (Å²) in [5.41, 5.74) is 5.31. The van der Waals surface area contributed by atoms with E-state index in [1.54, 1.807) is 89.9 Å². The summed E-state index contributed by atoms with van der Waals surface area (Å²) in [6, 6.07) is 9.15. The molecule has 6 atom stereocenters. The predicted octanol–water partition coefficient (Wildman–Crippen LogP) is 10.8. The van der Waals surface area contributed by atoms with Crippen LogP contribution in [0, 0.1) is 17.8 Å². The molecule has 0 unspecified atom stereocenters. The molecule has 444 valence electrons. The van der Waals surface area contributed by atoms with E-state index < -0.39 is 54.6 Å². The molecule has 3 aliphatic rings. The number of pyridine rings is 3. The number of fused-ring (bicyclic) bond motifs is 3. The number of halogens is 9. The van der Waals surface area contributed by atoms with Crippen molar-refractivity contribution in [1.82, 2.24) is 73.7 Å². The molecule has 3 fully saturated rings. The van der Waals surface area contributed by atoms with Gasteiger partial charge in [-0.15, -0.1) is 30.6 Å². The molecule has 0 N–H and O–H groups in total. The molecular formula is C54H54F9N15O6. The minimum absolute atomic E-state index is 0.0583. The van der Waals surface area contributed by atoms with Crippen LogP contribution in [0.2, 0.25) is 0 Å². The molecule has 12 rings (SSSR count). The van der Waals surface area contributed by atoms with Crippen LogP contribution < -0.4 is 14.2 Å². The maximum atomic E-state index is 13.1. The lowest BCUT2D eigenvalue weighted by molar-refractivity contribution is -0.202. The van der Waals surface area contributed by atoms with Gasteiger partial charge in [0.15, 0.2) is 52.7 Å². The second-order valence-corrected chi connectivity index (χ2v) is 20.2. The molecule has 0 bridgehead atoms. The number of nitrogens with zero attached hydrogens (tertiary/aromatic N) is 15. The number of alkyl halides is 9. The van der Waals surface area contributed by atoms with Crippen molar-refractivity contribution < 1.29 is 67.9 Å². The zero-order valence-electron chi connectivity index (χ0n) is 45.7. The van der Waals surface area contributed by atoms with Gasteiger partial charge in [-0.05, 0) is 77.5 Å². The van der Waals surface area contributed by atoms with E-state index in [-0.39, 0.29) is 36.0 Å². The Labute approximate surface area is 472 Å². The van der Waals surface area contributed by atoms with E-state index in [9.17, 15) is 39.5 Å². The van der Waals surface area contributed by atoms with Gasteiger partial charge in [0.05, 0.1) is 35.7 Å². The zero-order valence-corrected chi connectivity index (χ0v) is 45.7. The van der Waals surface area contributed by atoms with E-state index in [4.69, 9.17) is 28.4 Å². The van der Waals surface area contributed by atoms with Crippen molar-refractivity contribution in [2.75, 3.05) is 21.3 Å². The van der Waals surface area contributed by atoms with Gasteiger partial charge in [0.25, 0.3) is 0 Å². The van der Waals surface area contributed by atoms with Crippen LogP contribution in [0.5, 0.6) is 17.6 Å². The Kier molecular flexibility index (Phi) is 16.9. The van der Waals surface area contributed by atoms with Crippen molar-refractivity contribution in [1.29, 1.82) is 0 Å². The summed E-state index contributed by atoms with van der Waals surface area (Å²) < 4.78 is 154. The van der Waals surface area contributed by atoms with Crippen LogP contribution in [0.3, 0.4) is 0 Å². The van der Waals surface area contributed by atoms with Crippen LogP contribution in [-0.4, -0.2) is 132 Å². The standard InChI is InChI=1S/3C18H18F3N5O2/c3*1-10(27-2)17-25-24-14-8-22-13(9-26(14)17)12-5-6-15(23-7-12)28-16(11-3-4-11)18(19,20)21/h3*5-11,16H,3-4H2,1-2H3/t2*10-,16+;10-,16-/m101/s1. The smallest absolute Gasteiger partial charge is 0.425 e. The molecular weight excluding hydrogens is 1130 g/mol. The van der Waals surface area contributed by atoms with E-state index in [0.717, 1.165) is 0 Å². The molecule has 0 saturated heterocycles. The second-order valence-electron chi connectivity index (χ2n) is 20.2. The fraction of sp³-hybridized carbons (Fsp3) is 0.444. The van der Waals surface area contributed by atoms with Crippen molar-refractivity contribution >= 4 is 16.9 Å². The number of aromatic nitrogens is 15. The molecule has 9 aromatic heterocycles. The Morgan fingerprint density at radius 3 is 0.845 bits per heavy atom. The van der Waals surface area contributed by atoms with Gasteiger partial charge >= 0.3 is 18.5 Å². The Balaban J connectivity index is 0.000000140. The molecule has 0 aliphatic heterocycles. The molecule has 0 radical (unpaired) electrons. The molecule has 0 amide bonds. The lowest BCUT2D eigenvalue weighted by atomic mass is 10.2. The van der Waals surface area contributed by atoms with Crippen LogP contribution in [0.1, 0.15) is 95.1 Å². The molecule has 84 heavy (non-hydrogen) atoms. The average molecular weight is 1180 g/mol. The number of hydrogen-bond donors (Lipinski definition) is 0. The summed E-state index contributed by atoms with van der Waals surface area (Å²) >= 11 is 0. The molecule has 0 spiro atoms. The molecule has 0 aromatic carbocycles. The predicted molar refractivity (Wildman–Crippen MR) is 278 cm³/mol. The molecule has 9 aromatic rings. The molecule has 9 heterocycles. The highest BCUT2D eigenvalue weighted by atomic mass is 19.4. The highest BCUT2D eigenvalue weighted by Gasteiger charge is 2.53. The van der Waals surface area contributed by atoms with Crippen molar-refractivity contribution in [3.63, 3.8) is 0 Å². The number of hydrogen-bond acceptors (Lipinski definition) is 18. The quantitative estimate of drug-likeness (QED) is 0.0728. The first-order valence-electron chi connectivity index (χ1n) is 26.4. The zero-order chi connectivity index (χ0) is 59.7. The van der Waals surface area contributed by atoms with Gasteiger partial charge in [0.2, 0.25) is 17.6 Å². The van der Waals surface area contributed by atoms with Crippen LogP contribution in [0.25, 0.3) is 50.7 Å². The lowest BCUT2D eigenvalue weighted by Gasteiger charge is -2.20. The first-order valence-corrected chi connectivity index (χ1v) is 26.4. The maximum absolute atomic E-state index is 13.1. The Bertz CT molecular complexity index is 3290. The number of rotatable bonds is 18. The average Bonchev–Trinajstić information content (AvgIpc) is 4.10. The lowest BCUT2D eigenvalue weighted by Crippen LogP contribution is -2.36. The largest absolute Gasteiger partial charge is 0.464 e. The van der Waals surface area contributed by atoms with E-state index in [2.05, 4.69) is 60.5 Å². The highest BCUT2D eigenvalue weighted by molar-refractivity contribution is 5.61. The van der Waals surface area contributed by atoms with Gasteiger partial charge in [-0.3, -0.25) is 28.2 Å². The van der Waals surface area contributed by atoms with Crippen LogP contribution in [-0.2, 0) is 14.2 Å².